The highest BCUT2D eigenvalue weighted by molar-refractivity contribution is 7.71. The fraction of sp³-hybridized carbons (Fsp3) is 0.600. The predicted molar refractivity (Wildman–Crippen MR) is 63.9 cm³/mol. The molecule has 0 fully saturated rings. The van der Waals surface area contributed by atoms with Crippen molar-refractivity contribution in [2.24, 2.45) is 0 Å². The molecule has 2 rings (SSSR count). The maximum atomic E-state index is 5.10. The fourth-order valence-corrected chi connectivity index (χ4v) is 2.17. The third-order valence-corrected chi connectivity index (χ3v) is 3.04. The van der Waals surface area contributed by atoms with Gasteiger partial charge in [0.05, 0.1) is 0 Å². The average molecular weight is 224 g/mol. The molecule has 0 saturated heterocycles. The van der Waals surface area contributed by atoms with Crippen LogP contribution in [0.1, 0.15) is 11.3 Å². The van der Waals surface area contributed by atoms with Crippen molar-refractivity contribution in [1.82, 2.24) is 14.9 Å². The molecular formula is C10H16N4S. The molecule has 82 valence electrons. The Bertz CT molecular complexity index is 412. The second-order valence-corrected chi connectivity index (χ2v) is 4.29. The zero-order valence-electron chi connectivity index (χ0n) is 9.13. The summed E-state index contributed by atoms with van der Waals surface area (Å²) >= 11 is 5.10. The van der Waals surface area contributed by atoms with E-state index in [1.807, 2.05) is 7.05 Å². The lowest BCUT2D eigenvalue weighted by Crippen LogP contribution is -2.20. The Kier molecular flexibility index (Phi) is 3.02. The molecule has 1 aromatic rings. The van der Waals surface area contributed by atoms with E-state index in [0.29, 0.717) is 4.77 Å². The van der Waals surface area contributed by atoms with Gasteiger partial charge in [-0.25, -0.2) is 4.98 Å². The molecule has 15 heavy (non-hydrogen) atoms. The van der Waals surface area contributed by atoms with Gasteiger partial charge in [-0.2, -0.15) is 0 Å². The van der Waals surface area contributed by atoms with Gasteiger partial charge in [-0.1, -0.05) is 0 Å². The van der Waals surface area contributed by atoms with Crippen LogP contribution in [0.15, 0.2) is 0 Å². The summed E-state index contributed by atoms with van der Waals surface area (Å²) in [6.45, 7) is 2.15. The maximum Gasteiger partial charge on any atom is 0.198 e. The van der Waals surface area contributed by atoms with Gasteiger partial charge in [0.2, 0.25) is 0 Å². The first kappa shape index (κ1) is 10.6. The highest BCUT2D eigenvalue weighted by Gasteiger charge is 2.15. The van der Waals surface area contributed by atoms with E-state index in [1.54, 1.807) is 0 Å². The molecule has 1 aliphatic rings. The normalized spacial score (nSPS) is 16.9. The molecule has 0 atom stereocenters. The van der Waals surface area contributed by atoms with Gasteiger partial charge in [0.25, 0.3) is 0 Å². The van der Waals surface area contributed by atoms with Crippen LogP contribution < -0.4 is 5.32 Å². The number of aromatic amines is 1. The molecular weight excluding hydrogens is 208 g/mol. The number of hydrogen-bond donors (Lipinski definition) is 2. The van der Waals surface area contributed by atoms with Crippen LogP contribution in [-0.2, 0) is 12.8 Å². The van der Waals surface area contributed by atoms with Crippen LogP contribution in [0.4, 0.5) is 5.82 Å². The Morgan fingerprint density at radius 1 is 1.40 bits per heavy atom. The standard InChI is InChI=1S/C10H16N4S/c1-11-9-7-3-5-14(2)6-4-8(7)12-10(15)13-9/h3-6H2,1-2H3,(H2,11,12,13,15). The van der Waals surface area contributed by atoms with Crippen LogP contribution in [0.25, 0.3) is 0 Å². The largest absolute Gasteiger partial charge is 0.373 e. The van der Waals surface area contributed by atoms with Crippen molar-refractivity contribution in [2.75, 3.05) is 32.5 Å². The number of H-pyrrole nitrogens is 1. The number of nitrogens with one attached hydrogen (secondary N) is 2. The molecule has 5 heteroatoms. The van der Waals surface area contributed by atoms with Gasteiger partial charge in [-0.05, 0) is 25.7 Å². The van der Waals surface area contributed by atoms with Crippen LogP contribution in [-0.4, -0.2) is 42.1 Å². The fourth-order valence-electron chi connectivity index (χ4n) is 1.95. The SMILES string of the molecule is CNc1nc(=S)[nH]c2c1CCN(C)CC2. The molecule has 2 N–H and O–H groups in total. The molecule has 1 aliphatic heterocycles. The van der Waals surface area contributed by atoms with Gasteiger partial charge in [0, 0.05) is 37.8 Å². The molecule has 0 aromatic carbocycles. The third kappa shape index (κ3) is 2.18. The van der Waals surface area contributed by atoms with Crippen LogP contribution in [0.5, 0.6) is 0 Å². The van der Waals surface area contributed by atoms with E-state index in [4.69, 9.17) is 12.2 Å². The molecule has 4 nitrogen and oxygen atoms in total. The quantitative estimate of drug-likeness (QED) is 0.704. The predicted octanol–water partition coefficient (Wildman–Crippen LogP) is 1.21. The summed E-state index contributed by atoms with van der Waals surface area (Å²) in [5.41, 5.74) is 2.53. The van der Waals surface area contributed by atoms with Crippen molar-refractivity contribution in [3.05, 3.63) is 16.0 Å². The highest BCUT2D eigenvalue weighted by atomic mass is 32.1. The summed E-state index contributed by atoms with van der Waals surface area (Å²) in [5, 5.41) is 3.12. The van der Waals surface area contributed by atoms with E-state index in [1.165, 1.54) is 11.3 Å². The first-order valence-electron chi connectivity index (χ1n) is 5.19. The van der Waals surface area contributed by atoms with E-state index < -0.39 is 0 Å². The van der Waals surface area contributed by atoms with Gasteiger partial charge in [0.15, 0.2) is 4.77 Å². The van der Waals surface area contributed by atoms with E-state index in [9.17, 15) is 0 Å². The minimum Gasteiger partial charge on any atom is -0.373 e. The molecule has 0 spiro atoms. The van der Waals surface area contributed by atoms with Crippen LogP contribution in [0.3, 0.4) is 0 Å². The highest BCUT2D eigenvalue weighted by Crippen LogP contribution is 2.19. The van der Waals surface area contributed by atoms with E-state index in [0.717, 1.165) is 31.7 Å². The molecule has 0 saturated carbocycles. The van der Waals surface area contributed by atoms with Gasteiger partial charge in [-0.3, -0.25) is 0 Å². The molecule has 2 heterocycles. The van der Waals surface area contributed by atoms with Crippen molar-refractivity contribution in [1.29, 1.82) is 0 Å². The Labute approximate surface area is 94.7 Å². The number of anilines is 1. The average Bonchev–Trinajstić information content (AvgIpc) is 2.40. The zero-order chi connectivity index (χ0) is 10.8. The lowest BCUT2D eigenvalue weighted by atomic mass is 10.1. The van der Waals surface area contributed by atoms with Crippen molar-refractivity contribution in [2.45, 2.75) is 12.8 Å². The summed E-state index contributed by atoms with van der Waals surface area (Å²) < 4.78 is 0.572. The number of hydrogen-bond acceptors (Lipinski definition) is 4. The second kappa shape index (κ2) is 4.28. The number of likely N-dealkylation sites (N-methyl/N-ethyl adjacent to an activating group) is 1. The van der Waals surface area contributed by atoms with Crippen molar-refractivity contribution < 1.29 is 0 Å². The lowest BCUT2D eigenvalue weighted by molar-refractivity contribution is 0.352. The summed E-state index contributed by atoms with van der Waals surface area (Å²) in [6.07, 6.45) is 2.05. The monoisotopic (exact) mass is 224 g/mol. The first-order chi connectivity index (χ1) is 7.20. The summed E-state index contributed by atoms with van der Waals surface area (Å²) in [6, 6.07) is 0. The zero-order valence-corrected chi connectivity index (χ0v) is 9.95. The van der Waals surface area contributed by atoms with Gasteiger partial charge in [0.1, 0.15) is 5.82 Å². The van der Waals surface area contributed by atoms with Crippen LogP contribution >= 0.6 is 12.2 Å². The van der Waals surface area contributed by atoms with Gasteiger partial charge in [-0.15, -0.1) is 0 Å². The minimum atomic E-state index is 0.572. The third-order valence-electron chi connectivity index (χ3n) is 2.85. The summed E-state index contributed by atoms with van der Waals surface area (Å²) in [5.74, 6) is 0.934. The van der Waals surface area contributed by atoms with Crippen molar-refractivity contribution in [3.8, 4) is 0 Å². The van der Waals surface area contributed by atoms with Crippen LogP contribution in [0, 0.1) is 4.77 Å². The first-order valence-corrected chi connectivity index (χ1v) is 5.60. The minimum absolute atomic E-state index is 0.572. The van der Waals surface area contributed by atoms with Gasteiger partial charge >= 0.3 is 0 Å². The summed E-state index contributed by atoms with van der Waals surface area (Å²) in [7, 11) is 4.04. The Hall–Kier alpha value is -0.940. The van der Waals surface area contributed by atoms with Gasteiger partial charge < -0.3 is 15.2 Å². The molecule has 0 aliphatic carbocycles. The molecule has 0 bridgehead atoms. The molecule has 0 unspecified atom stereocenters. The van der Waals surface area contributed by atoms with Crippen molar-refractivity contribution >= 4 is 18.0 Å². The summed E-state index contributed by atoms with van der Waals surface area (Å²) in [4.78, 5) is 9.83. The van der Waals surface area contributed by atoms with Crippen LogP contribution in [0.2, 0.25) is 0 Å². The molecule has 0 radical (unpaired) electrons. The molecule has 1 aromatic heterocycles. The topological polar surface area (TPSA) is 44.0 Å². The Morgan fingerprint density at radius 3 is 2.87 bits per heavy atom. The Balaban J connectivity index is 2.46. The van der Waals surface area contributed by atoms with E-state index in [2.05, 4.69) is 27.2 Å². The Morgan fingerprint density at radius 2 is 2.13 bits per heavy atom. The van der Waals surface area contributed by atoms with E-state index in [-0.39, 0.29) is 0 Å². The second-order valence-electron chi connectivity index (χ2n) is 3.90. The maximum absolute atomic E-state index is 5.10. The van der Waals surface area contributed by atoms with E-state index >= 15 is 0 Å². The number of aromatic nitrogens is 2. The number of rotatable bonds is 1. The lowest BCUT2D eigenvalue weighted by Gasteiger charge is -2.11. The molecule has 0 amide bonds. The van der Waals surface area contributed by atoms with Crippen molar-refractivity contribution in [3.63, 3.8) is 0 Å². The smallest absolute Gasteiger partial charge is 0.198 e. The number of fused-ring (bicyclic) bond motifs is 1. The number of nitrogens with zero attached hydrogens (tertiary/aromatic N) is 2.